The van der Waals surface area contributed by atoms with E-state index >= 15 is 0 Å². The van der Waals surface area contributed by atoms with E-state index in [1.807, 2.05) is 19.4 Å². The molecule has 0 unspecified atom stereocenters. The van der Waals surface area contributed by atoms with Gasteiger partial charge in [0.05, 0.1) is 12.8 Å². The molecule has 0 aliphatic carbocycles. The van der Waals surface area contributed by atoms with Crippen molar-refractivity contribution in [2.24, 2.45) is 18.0 Å². The van der Waals surface area contributed by atoms with Crippen LogP contribution < -0.4 is 15.4 Å². The quantitative estimate of drug-likeness (QED) is 0.403. The highest BCUT2D eigenvalue weighted by atomic mass is 16.5. The van der Waals surface area contributed by atoms with Crippen LogP contribution in [0.2, 0.25) is 0 Å². The van der Waals surface area contributed by atoms with E-state index in [0.29, 0.717) is 19.0 Å². The number of nitrogens with zero attached hydrogens (tertiary/aromatic N) is 3. The van der Waals surface area contributed by atoms with Crippen LogP contribution in [0.5, 0.6) is 5.75 Å². The van der Waals surface area contributed by atoms with Crippen LogP contribution in [0.3, 0.4) is 0 Å². The van der Waals surface area contributed by atoms with Crippen molar-refractivity contribution in [3.63, 3.8) is 0 Å². The van der Waals surface area contributed by atoms with E-state index < -0.39 is 0 Å². The number of aliphatic imine (C=N–C) groups is 1. The minimum Gasteiger partial charge on any atom is -0.493 e. The van der Waals surface area contributed by atoms with Crippen molar-refractivity contribution >= 4 is 5.96 Å². The molecule has 0 atom stereocenters. The molecular weight excluding hydrogens is 338 g/mol. The van der Waals surface area contributed by atoms with Crippen molar-refractivity contribution in [3.05, 3.63) is 47.3 Å². The predicted octanol–water partition coefficient (Wildman–Crippen LogP) is 3.41. The molecule has 2 N–H and O–H groups in total. The number of ether oxygens (including phenoxy) is 1. The standard InChI is InChI=1S/C21H33N5O/c1-16(2)7-6-10-27-20-11-17(3)8-9-19(20)14-24-21(22-4)23-12-18-13-25-26(5)15-18/h8-9,11,13,15-16H,6-7,10,12,14H2,1-5H3,(H2,22,23,24). The number of hydrogen-bond acceptors (Lipinski definition) is 3. The molecule has 2 aromatic rings. The van der Waals surface area contributed by atoms with E-state index in [1.54, 1.807) is 11.7 Å². The lowest BCUT2D eigenvalue weighted by molar-refractivity contribution is 0.294. The number of guanidine groups is 1. The zero-order valence-corrected chi connectivity index (χ0v) is 17.2. The molecule has 1 heterocycles. The molecule has 1 aromatic carbocycles. The fourth-order valence-electron chi connectivity index (χ4n) is 2.76. The molecule has 0 amide bonds. The molecule has 2 rings (SSSR count). The Hall–Kier alpha value is -2.50. The zero-order chi connectivity index (χ0) is 19.6. The zero-order valence-electron chi connectivity index (χ0n) is 17.2. The van der Waals surface area contributed by atoms with Crippen LogP contribution in [0.1, 0.15) is 43.4 Å². The summed E-state index contributed by atoms with van der Waals surface area (Å²) in [5, 5.41) is 10.9. The lowest BCUT2D eigenvalue weighted by Crippen LogP contribution is -2.36. The van der Waals surface area contributed by atoms with Gasteiger partial charge in [0.2, 0.25) is 0 Å². The molecule has 0 saturated carbocycles. The van der Waals surface area contributed by atoms with Crippen LogP contribution in [-0.4, -0.2) is 29.4 Å². The van der Waals surface area contributed by atoms with E-state index in [-0.39, 0.29) is 0 Å². The first kappa shape index (κ1) is 20.8. The van der Waals surface area contributed by atoms with Crippen molar-refractivity contribution in [2.75, 3.05) is 13.7 Å². The number of hydrogen-bond donors (Lipinski definition) is 2. The first-order chi connectivity index (χ1) is 13.0. The molecule has 0 radical (unpaired) electrons. The maximum absolute atomic E-state index is 6.06. The molecule has 0 aliphatic heterocycles. The summed E-state index contributed by atoms with van der Waals surface area (Å²) in [6, 6.07) is 6.34. The lowest BCUT2D eigenvalue weighted by Gasteiger charge is -2.15. The van der Waals surface area contributed by atoms with Crippen molar-refractivity contribution < 1.29 is 4.74 Å². The third kappa shape index (κ3) is 7.33. The first-order valence-corrected chi connectivity index (χ1v) is 9.62. The average Bonchev–Trinajstić information content (AvgIpc) is 3.05. The third-order valence-corrected chi connectivity index (χ3v) is 4.29. The second-order valence-corrected chi connectivity index (χ2v) is 7.30. The van der Waals surface area contributed by atoms with Crippen LogP contribution in [0, 0.1) is 12.8 Å². The number of rotatable bonds is 9. The molecule has 0 bridgehead atoms. The Balaban J connectivity index is 1.88. The van der Waals surface area contributed by atoms with Gasteiger partial charge in [-0.15, -0.1) is 0 Å². The summed E-state index contributed by atoms with van der Waals surface area (Å²) in [7, 11) is 3.69. The van der Waals surface area contributed by atoms with Crippen molar-refractivity contribution in [2.45, 2.75) is 46.7 Å². The Labute approximate surface area is 163 Å². The smallest absolute Gasteiger partial charge is 0.191 e. The molecule has 0 saturated heterocycles. The van der Waals surface area contributed by atoms with E-state index in [9.17, 15) is 0 Å². The van der Waals surface area contributed by atoms with Gasteiger partial charge in [-0.05, 0) is 37.3 Å². The molecule has 148 valence electrons. The van der Waals surface area contributed by atoms with Crippen LogP contribution in [-0.2, 0) is 20.1 Å². The fraction of sp³-hybridized carbons (Fsp3) is 0.524. The molecule has 0 spiro atoms. The molecule has 27 heavy (non-hydrogen) atoms. The normalized spacial score (nSPS) is 11.7. The Morgan fingerprint density at radius 2 is 2.04 bits per heavy atom. The molecule has 0 fully saturated rings. The fourth-order valence-corrected chi connectivity index (χ4v) is 2.76. The largest absolute Gasteiger partial charge is 0.493 e. The Morgan fingerprint density at radius 3 is 2.70 bits per heavy atom. The lowest BCUT2D eigenvalue weighted by atomic mass is 10.1. The number of aryl methyl sites for hydroxylation is 2. The van der Waals surface area contributed by atoms with Gasteiger partial charge in [-0.2, -0.15) is 5.10 Å². The summed E-state index contributed by atoms with van der Waals surface area (Å²) in [6.45, 7) is 8.67. The molecule has 1 aromatic heterocycles. The van der Waals surface area contributed by atoms with Gasteiger partial charge in [0.1, 0.15) is 5.75 Å². The Bertz CT molecular complexity index is 736. The average molecular weight is 372 g/mol. The molecular formula is C21H33N5O. The number of nitrogens with one attached hydrogen (secondary N) is 2. The van der Waals surface area contributed by atoms with Gasteiger partial charge in [-0.3, -0.25) is 9.67 Å². The van der Waals surface area contributed by atoms with Gasteiger partial charge in [-0.1, -0.05) is 26.0 Å². The van der Waals surface area contributed by atoms with E-state index in [4.69, 9.17) is 4.74 Å². The summed E-state index contributed by atoms with van der Waals surface area (Å²) in [5.41, 5.74) is 3.45. The Kier molecular flexibility index (Phi) is 8.17. The second-order valence-electron chi connectivity index (χ2n) is 7.30. The first-order valence-electron chi connectivity index (χ1n) is 9.62. The van der Waals surface area contributed by atoms with Crippen molar-refractivity contribution in [1.29, 1.82) is 0 Å². The topological polar surface area (TPSA) is 63.5 Å². The monoisotopic (exact) mass is 371 g/mol. The molecule has 6 heteroatoms. The SMILES string of the molecule is CN=C(NCc1cnn(C)c1)NCc1ccc(C)cc1OCCCC(C)C. The van der Waals surface area contributed by atoms with Gasteiger partial charge in [0, 0.05) is 44.5 Å². The van der Waals surface area contributed by atoms with Gasteiger partial charge < -0.3 is 15.4 Å². The number of benzene rings is 1. The van der Waals surface area contributed by atoms with E-state index in [2.05, 4.69) is 59.7 Å². The van der Waals surface area contributed by atoms with E-state index in [1.165, 1.54) is 12.0 Å². The van der Waals surface area contributed by atoms with Crippen molar-refractivity contribution in [3.8, 4) is 5.75 Å². The van der Waals surface area contributed by atoms with Crippen LogP contribution in [0.4, 0.5) is 0 Å². The van der Waals surface area contributed by atoms with Gasteiger partial charge in [0.25, 0.3) is 0 Å². The number of aromatic nitrogens is 2. The summed E-state index contributed by atoms with van der Waals surface area (Å²) in [6.07, 6.45) is 6.10. The van der Waals surface area contributed by atoms with Crippen LogP contribution in [0.15, 0.2) is 35.6 Å². The minimum absolute atomic E-state index is 0.659. The van der Waals surface area contributed by atoms with Gasteiger partial charge in [-0.25, -0.2) is 0 Å². The van der Waals surface area contributed by atoms with Crippen LogP contribution >= 0.6 is 0 Å². The molecule has 0 aliphatic rings. The highest BCUT2D eigenvalue weighted by Crippen LogP contribution is 2.21. The highest BCUT2D eigenvalue weighted by Gasteiger charge is 2.07. The molecule has 6 nitrogen and oxygen atoms in total. The van der Waals surface area contributed by atoms with E-state index in [0.717, 1.165) is 35.9 Å². The second kappa shape index (κ2) is 10.6. The third-order valence-electron chi connectivity index (χ3n) is 4.29. The summed E-state index contributed by atoms with van der Waals surface area (Å²) in [5.74, 6) is 2.42. The van der Waals surface area contributed by atoms with Crippen LogP contribution in [0.25, 0.3) is 0 Å². The summed E-state index contributed by atoms with van der Waals surface area (Å²) < 4.78 is 7.85. The maximum atomic E-state index is 6.06. The summed E-state index contributed by atoms with van der Waals surface area (Å²) >= 11 is 0. The maximum Gasteiger partial charge on any atom is 0.191 e. The predicted molar refractivity (Wildman–Crippen MR) is 111 cm³/mol. The van der Waals surface area contributed by atoms with Crippen molar-refractivity contribution in [1.82, 2.24) is 20.4 Å². The highest BCUT2D eigenvalue weighted by molar-refractivity contribution is 5.79. The van der Waals surface area contributed by atoms with Gasteiger partial charge in [0.15, 0.2) is 5.96 Å². The minimum atomic E-state index is 0.659. The van der Waals surface area contributed by atoms with Gasteiger partial charge >= 0.3 is 0 Å². The Morgan fingerprint density at radius 1 is 1.26 bits per heavy atom. The summed E-state index contributed by atoms with van der Waals surface area (Å²) in [4.78, 5) is 4.29.